The monoisotopic (exact) mass is 460 g/mol. The fourth-order valence-electron chi connectivity index (χ4n) is 3.94. The molecule has 31 heavy (non-hydrogen) atoms. The van der Waals surface area contributed by atoms with Gasteiger partial charge in [0, 0.05) is 36.2 Å². The van der Waals surface area contributed by atoms with Crippen molar-refractivity contribution in [1.29, 1.82) is 0 Å². The van der Waals surface area contributed by atoms with Crippen LogP contribution in [0.5, 0.6) is 0 Å². The van der Waals surface area contributed by atoms with Gasteiger partial charge in [-0.25, -0.2) is 0 Å². The molecule has 1 fully saturated rings. The Hall–Kier alpha value is -2.26. The van der Waals surface area contributed by atoms with Crippen LogP contribution in [0.1, 0.15) is 23.5 Å². The summed E-state index contributed by atoms with van der Waals surface area (Å²) in [4.78, 5) is 9.03. The van der Waals surface area contributed by atoms with E-state index in [-0.39, 0.29) is 0 Å². The van der Waals surface area contributed by atoms with Crippen LogP contribution in [0.15, 0.2) is 28.8 Å². The lowest BCUT2D eigenvalue weighted by molar-refractivity contribution is 0.0327. The summed E-state index contributed by atoms with van der Waals surface area (Å²) >= 11 is 12.6. The minimum atomic E-state index is 0.380. The van der Waals surface area contributed by atoms with E-state index in [1.165, 1.54) is 0 Å². The maximum Gasteiger partial charge on any atom is 0.278 e. The van der Waals surface area contributed by atoms with Gasteiger partial charge in [-0.1, -0.05) is 28.4 Å². The van der Waals surface area contributed by atoms with E-state index in [2.05, 4.69) is 30.1 Å². The van der Waals surface area contributed by atoms with Crippen molar-refractivity contribution in [2.75, 3.05) is 37.7 Å². The summed E-state index contributed by atoms with van der Waals surface area (Å²) in [7, 11) is 0. The maximum atomic E-state index is 6.39. The van der Waals surface area contributed by atoms with Gasteiger partial charge in [0.2, 0.25) is 0 Å². The number of halogens is 2. The number of benzene rings is 1. The van der Waals surface area contributed by atoms with Crippen molar-refractivity contribution >= 4 is 28.9 Å². The van der Waals surface area contributed by atoms with E-state index in [1.54, 1.807) is 6.07 Å². The first kappa shape index (κ1) is 20.6. The second-order valence-electron chi connectivity index (χ2n) is 7.73. The minimum Gasteiger partial charge on any atom is -0.379 e. The van der Waals surface area contributed by atoms with Crippen molar-refractivity contribution < 1.29 is 9.26 Å². The number of hydrogen-bond donors (Lipinski definition) is 0. The molecule has 8 nitrogen and oxygen atoms in total. The van der Waals surface area contributed by atoms with E-state index < -0.39 is 0 Å². The Morgan fingerprint density at radius 3 is 2.74 bits per heavy atom. The molecule has 10 heteroatoms. The van der Waals surface area contributed by atoms with Crippen molar-refractivity contribution in [2.24, 2.45) is 0 Å². The average molecular weight is 461 g/mol. The number of ether oxygens (including phenoxy) is 1. The van der Waals surface area contributed by atoms with Gasteiger partial charge < -0.3 is 14.2 Å². The van der Waals surface area contributed by atoms with Gasteiger partial charge in [0.25, 0.3) is 5.89 Å². The van der Waals surface area contributed by atoms with Crippen LogP contribution < -0.4 is 4.90 Å². The zero-order valence-corrected chi connectivity index (χ0v) is 18.4. The molecule has 1 aromatic carbocycles. The summed E-state index contributed by atoms with van der Waals surface area (Å²) in [6.45, 7) is 5.36. The molecule has 1 saturated heterocycles. The third-order valence-electron chi connectivity index (χ3n) is 5.55. The Bertz CT molecular complexity index is 1070. The Balaban J connectivity index is 1.37. The summed E-state index contributed by atoms with van der Waals surface area (Å²) in [6.07, 6.45) is 1.89. The standard InChI is InChI=1S/C21H22Cl2N6O2/c22-15-3-4-16(23)14(10-15)12-29-5-1-2-17-19(29)11-18(26-25-17)21-24-20(27-31-21)13-28-6-8-30-9-7-28/h3-4,10-11H,1-2,5-9,12-13H2. The van der Waals surface area contributed by atoms with Crippen LogP contribution in [0.25, 0.3) is 11.6 Å². The molecule has 0 unspecified atom stereocenters. The van der Waals surface area contributed by atoms with Crippen molar-refractivity contribution in [3.8, 4) is 11.6 Å². The van der Waals surface area contributed by atoms with Crippen molar-refractivity contribution in [2.45, 2.75) is 25.9 Å². The van der Waals surface area contributed by atoms with E-state index >= 15 is 0 Å². The molecule has 0 atom stereocenters. The first-order valence-electron chi connectivity index (χ1n) is 10.3. The first-order chi connectivity index (χ1) is 15.2. The number of aryl methyl sites for hydroxylation is 1. The van der Waals surface area contributed by atoms with E-state index in [1.807, 2.05) is 18.2 Å². The molecule has 0 radical (unpaired) electrons. The van der Waals surface area contributed by atoms with Gasteiger partial charge in [-0.2, -0.15) is 10.1 Å². The van der Waals surface area contributed by atoms with Crippen LogP contribution in [0, 0.1) is 0 Å². The number of hydrogen-bond acceptors (Lipinski definition) is 8. The highest BCUT2D eigenvalue weighted by molar-refractivity contribution is 6.33. The van der Waals surface area contributed by atoms with Gasteiger partial charge in [-0.15, -0.1) is 5.10 Å². The molecule has 5 rings (SSSR count). The third kappa shape index (κ3) is 4.67. The van der Waals surface area contributed by atoms with Crippen molar-refractivity contribution in [3.05, 3.63) is 51.4 Å². The molecular formula is C21H22Cl2N6O2. The van der Waals surface area contributed by atoms with E-state index in [0.717, 1.165) is 62.6 Å². The van der Waals surface area contributed by atoms with Gasteiger partial charge in [0.15, 0.2) is 11.5 Å². The largest absolute Gasteiger partial charge is 0.379 e. The zero-order chi connectivity index (χ0) is 21.2. The number of morpholine rings is 1. The molecule has 2 aromatic heterocycles. The number of fused-ring (bicyclic) bond motifs is 1. The summed E-state index contributed by atoms with van der Waals surface area (Å²) in [6, 6.07) is 7.51. The van der Waals surface area contributed by atoms with Crippen molar-refractivity contribution in [3.63, 3.8) is 0 Å². The average Bonchev–Trinajstić information content (AvgIpc) is 3.25. The lowest BCUT2D eigenvalue weighted by Gasteiger charge is -2.30. The van der Waals surface area contributed by atoms with Gasteiger partial charge in [0.1, 0.15) is 0 Å². The Morgan fingerprint density at radius 2 is 1.87 bits per heavy atom. The first-order valence-corrected chi connectivity index (χ1v) is 11.1. The molecule has 2 aliphatic rings. The number of nitrogens with zero attached hydrogens (tertiary/aromatic N) is 6. The molecule has 0 amide bonds. The quantitative estimate of drug-likeness (QED) is 0.570. The van der Waals surface area contributed by atoms with E-state index in [0.29, 0.717) is 40.5 Å². The molecule has 162 valence electrons. The Morgan fingerprint density at radius 1 is 1.00 bits per heavy atom. The van der Waals surface area contributed by atoms with Crippen LogP contribution in [0.4, 0.5) is 5.69 Å². The fraction of sp³-hybridized carbons (Fsp3) is 0.429. The van der Waals surface area contributed by atoms with Gasteiger partial charge in [-0.3, -0.25) is 4.90 Å². The number of anilines is 1. The topological polar surface area (TPSA) is 80.4 Å². The molecule has 3 aromatic rings. The maximum absolute atomic E-state index is 6.39. The smallest absolute Gasteiger partial charge is 0.278 e. The third-order valence-corrected chi connectivity index (χ3v) is 6.16. The lowest BCUT2D eigenvalue weighted by atomic mass is 10.1. The van der Waals surface area contributed by atoms with Crippen molar-refractivity contribution in [1.82, 2.24) is 25.2 Å². The lowest BCUT2D eigenvalue weighted by Crippen LogP contribution is -2.35. The van der Waals surface area contributed by atoms with Gasteiger partial charge >= 0.3 is 0 Å². The van der Waals surface area contributed by atoms with Gasteiger partial charge in [0.05, 0.1) is 31.1 Å². The predicted octanol–water partition coefficient (Wildman–Crippen LogP) is 3.62. The van der Waals surface area contributed by atoms with Crippen LogP contribution >= 0.6 is 23.2 Å². The fourth-order valence-corrected chi connectivity index (χ4v) is 4.31. The molecule has 0 N–H and O–H groups in total. The summed E-state index contributed by atoms with van der Waals surface area (Å²) in [5.41, 5.74) is 3.52. The van der Waals surface area contributed by atoms with Crippen LogP contribution in [0.2, 0.25) is 10.0 Å². The summed E-state index contributed by atoms with van der Waals surface area (Å²) < 4.78 is 10.9. The predicted molar refractivity (Wildman–Crippen MR) is 117 cm³/mol. The molecule has 0 saturated carbocycles. The molecule has 0 aliphatic carbocycles. The van der Waals surface area contributed by atoms with Crippen LogP contribution in [0.3, 0.4) is 0 Å². The zero-order valence-electron chi connectivity index (χ0n) is 16.9. The molecule has 2 aliphatic heterocycles. The molecule has 4 heterocycles. The Labute approximate surface area is 190 Å². The number of aromatic nitrogens is 4. The highest BCUT2D eigenvalue weighted by Crippen LogP contribution is 2.31. The molecule has 0 spiro atoms. The van der Waals surface area contributed by atoms with Crippen LogP contribution in [-0.2, 0) is 24.2 Å². The molecule has 0 bridgehead atoms. The SMILES string of the molecule is Clc1ccc(Cl)c(CN2CCCc3nnc(-c4nc(CN5CCOCC5)no4)cc32)c1. The minimum absolute atomic E-state index is 0.380. The normalized spacial score (nSPS) is 17.0. The number of rotatable bonds is 5. The molecular weight excluding hydrogens is 439 g/mol. The van der Waals surface area contributed by atoms with Crippen LogP contribution in [-0.4, -0.2) is 58.1 Å². The second-order valence-corrected chi connectivity index (χ2v) is 8.57. The summed E-state index contributed by atoms with van der Waals surface area (Å²) in [5.74, 6) is 1.02. The Kier molecular flexibility index (Phi) is 6.04. The van der Waals surface area contributed by atoms with E-state index in [9.17, 15) is 0 Å². The van der Waals surface area contributed by atoms with E-state index in [4.69, 9.17) is 32.5 Å². The highest BCUT2D eigenvalue weighted by atomic mass is 35.5. The second kappa shape index (κ2) is 9.08. The highest BCUT2D eigenvalue weighted by Gasteiger charge is 2.23. The summed E-state index contributed by atoms with van der Waals surface area (Å²) in [5, 5.41) is 14.3. The van der Waals surface area contributed by atoms with Gasteiger partial charge in [-0.05, 0) is 42.7 Å².